The van der Waals surface area contributed by atoms with Crippen LogP contribution in [0.4, 0.5) is 23.5 Å². The smallest absolute Gasteiger partial charge is 0.285 e. The molecule has 0 spiro atoms. The number of piperidine rings is 1. The van der Waals surface area contributed by atoms with Crippen LogP contribution in [0.25, 0.3) is 27.7 Å². The van der Waals surface area contributed by atoms with Crippen LogP contribution in [0.1, 0.15) is 17.4 Å². The van der Waals surface area contributed by atoms with Crippen molar-refractivity contribution in [2.75, 3.05) is 25.5 Å². The highest BCUT2D eigenvalue weighted by atomic mass is 19.3. The SMILES string of the molecule is [2H]C([2H])([2H])C(=O)N1CC[C@@H](Nc2nc(OC)c3c(-c4ccc5nnn(CC(F)F)c5c4)ccn3n2)C(F)(F)C1. The van der Waals surface area contributed by atoms with Crippen LogP contribution in [0.2, 0.25) is 0 Å². The summed E-state index contributed by atoms with van der Waals surface area (Å²) < 4.78 is 85.2. The molecular formula is C22H22F4N8O2. The first kappa shape index (κ1) is 20.2. The highest BCUT2D eigenvalue weighted by Crippen LogP contribution is 2.34. The maximum absolute atomic E-state index is 14.9. The highest BCUT2D eigenvalue weighted by molar-refractivity contribution is 5.89. The minimum absolute atomic E-state index is 0.0603. The quantitative estimate of drug-likeness (QED) is 0.399. The van der Waals surface area contributed by atoms with Gasteiger partial charge in [0.25, 0.3) is 12.3 Å². The third-order valence-corrected chi connectivity index (χ3v) is 6.00. The Morgan fingerprint density at radius 2 is 2.19 bits per heavy atom. The van der Waals surface area contributed by atoms with Crippen LogP contribution in [0.3, 0.4) is 0 Å². The van der Waals surface area contributed by atoms with Crippen molar-refractivity contribution in [3.05, 3.63) is 30.5 Å². The minimum Gasteiger partial charge on any atom is -0.479 e. The molecule has 5 rings (SSSR count). The molecule has 0 radical (unpaired) electrons. The van der Waals surface area contributed by atoms with E-state index < -0.39 is 44.2 Å². The molecule has 190 valence electrons. The van der Waals surface area contributed by atoms with Gasteiger partial charge in [0.15, 0.2) is 0 Å². The molecule has 36 heavy (non-hydrogen) atoms. The van der Waals surface area contributed by atoms with Crippen LogP contribution in [0.5, 0.6) is 5.88 Å². The van der Waals surface area contributed by atoms with Crippen molar-refractivity contribution in [2.45, 2.75) is 38.2 Å². The van der Waals surface area contributed by atoms with Crippen LogP contribution in [-0.2, 0) is 11.3 Å². The lowest BCUT2D eigenvalue weighted by Gasteiger charge is -2.38. The second kappa shape index (κ2) is 8.91. The molecule has 1 N–H and O–H groups in total. The van der Waals surface area contributed by atoms with Crippen molar-refractivity contribution in [1.29, 1.82) is 0 Å². The Morgan fingerprint density at radius 3 is 2.92 bits per heavy atom. The number of likely N-dealkylation sites (tertiary alicyclic amines) is 1. The molecule has 10 nitrogen and oxygen atoms in total. The molecule has 0 unspecified atom stereocenters. The molecule has 0 saturated carbocycles. The van der Waals surface area contributed by atoms with E-state index >= 15 is 0 Å². The average Bonchev–Trinajstić information content (AvgIpc) is 3.47. The number of ether oxygens (including phenoxy) is 1. The molecule has 0 aliphatic carbocycles. The van der Waals surface area contributed by atoms with E-state index in [1.54, 1.807) is 30.5 Å². The van der Waals surface area contributed by atoms with Gasteiger partial charge in [-0.2, -0.15) is 4.98 Å². The molecule has 1 aliphatic rings. The first-order chi connectivity index (χ1) is 18.4. The van der Waals surface area contributed by atoms with Crippen LogP contribution in [-0.4, -0.2) is 79.0 Å². The molecule has 4 aromatic rings. The number of nitrogens with one attached hydrogen (secondary N) is 1. The van der Waals surface area contributed by atoms with Crippen molar-refractivity contribution in [3.63, 3.8) is 0 Å². The predicted octanol–water partition coefficient (Wildman–Crippen LogP) is 3.08. The number of halogens is 4. The van der Waals surface area contributed by atoms with Crippen molar-refractivity contribution in [3.8, 4) is 17.0 Å². The number of carbonyl (C=O) groups excluding carboxylic acids is 1. The van der Waals surface area contributed by atoms with E-state index in [2.05, 4.69) is 25.7 Å². The Bertz CT molecular complexity index is 1540. The summed E-state index contributed by atoms with van der Waals surface area (Å²) in [7, 11) is 1.35. The summed E-state index contributed by atoms with van der Waals surface area (Å²) in [5, 5.41) is 14.5. The molecule has 1 aromatic carbocycles. The monoisotopic (exact) mass is 509 g/mol. The number of anilines is 1. The van der Waals surface area contributed by atoms with Crippen LogP contribution >= 0.6 is 0 Å². The summed E-state index contributed by atoms with van der Waals surface area (Å²) in [6.45, 7) is -4.87. The Labute approximate surface area is 206 Å². The topological polar surface area (TPSA) is 102 Å². The fourth-order valence-corrected chi connectivity index (χ4v) is 4.27. The summed E-state index contributed by atoms with van der Waals surface area (Å²) in [5.41, 5.74) is 2.44. The molecule has 1 fully saturated rings. The number of alkyl halides is 4. The summed E-state index contributed by atoms with van der Waals surface area (Å²) in [4.78, 5) is 16.8. The van der Waals surface area contributed by atoms with E-state index in [4.69, 9.17) is 8.85 Å². The molecule has 14 heteroatoms. The molecule has 1 amide bonds. The third-order valence-electron chi connectivity index (χ3n) is 6.00. The number of methoxy groups -OCH3 is 1. The van der Waals surface area contributed by atoms with Gasteiger partial charge in [-0.1, -0.05) is 11.3 Å². The van der Waals surface area contributed by atoms with Gasteiger partial charge >= 0.3 is 0 Å². The molecule has 1 atom stereocenters. The minimum atomic E-state index is -3.46. The number of rotatable bonds is 6. The Kier molecular flexibility index (Phi) is 5.01. The molecule has 1 aliphatic heterocycles. The highest BCUT2D eigenvalue weighted by Gasteiger charge is 2.45. The summed E-state index contributed by atoms with van der Waals surface area (Å²) in [6.07, 6.45) is -1.29. The van der Waals surface area contributed by atoms with E-state index in [9.17, 15) is 22.4 Å². The van der Waals surface area contributed by atoms with E-state index in [1.165, 1.54) is 11.6 Å². The van der Waals surface area contributed by atoms with E-state index in [1.807, 2.05) is 0 Å². The third kappa shape index (κ3) is 4.27. The van der Waals surface area contributed by atoms with Gasteiger partial charge in [-0.3, -0.25) is 4.79 Å². The second-order valence-corrected chi connectivity index (χ2v) is 8.31. The van der Waals surface area contributed by atoms with Gasteiger partial charge in [-0.25, -0.2) is 26.8 Å². The zero-order valence-corrected chi connectivity index (χ0v) is 18.8. The number of benzene rings is 1. The first-order valence-electron chi connectivity index (χ1n) is 12.4. The average molecular weight is 509 g/mol. The fraction of sp³-hybridized carbons (Fsp3) is 0.409. The van der Waals surface area contributed by atoms with Crippen molar-refractivity contribution < 1.29 is 31.2 Å². The van der Waals surface area contributed by atoms with Gasteiger partial charge in [-0.15, -0.1) is 10.2 Å². The van der Waals surface area contributed by atoms with Crippen LogP contribution in [0.15, 0.2) is 30.5 Å². The summed E-state index contributed by atoms with van der Waals surface area (Å²) in [6, 6.07) is 5.22. The zero-order valence-electron chi connectivity index (χ0n) is 21.8. The standard InChI is InChI=1S/C22H22F4N8O2/c1-12(35)32-7-6-17(22(25,26)11-32)27-21-28-20(36-2)19-14(5-8-33(19)30-21)13-3-4-15-16(9-13)34(31-29-15)10-18(23)24/h3-5,8-9,17-18H,6-7,10-11H2,1-2H3,(H,27,30)/t17-/m1/s1/i1D3. The van der Waals surface area contributed by atoms with E-state index in [-0.39, 0.29) is 24.8 Å². The lowest BCUT2D eigenvalue weighted by molar-refractivity contribution is -0.140. The number of nitrogens with zero attached hydrogens (tertiary/aromatic N) is 7. The van der Waals surface area contributed by atoms with Crippen LogP contribution in [0, 0.1) is 0 Å². The van der Waals surface area contributed by atoms with E-state index in [0.717, 1.165) is 4.68 Å². The summed E-state index contributed by atoms with van der Waals surface area (Å²) in [5.74, 6) is -4.90. The fourth-order valence-electron chi connectivity index (χ4n) is 4.27. The lowest BCUT2D eigenvalue weighted by atomic mass is 10.0. The molecule has 1 saturated heterocycles. The number of fused-ring (bicyclic) bond motifs is 2. The number of carbonyl (C=O) groups is 1. The van der Waals surface area contributed by atoms with Gasteiger partial charge in [0, 0.05) is 29.3 Å². The number of amides is 1. The normalized spacial score (nSPS) is 19.3. The number of hydrogen-bond acceptors (Lipinski definition) is 7. The predicted molar refractivity (Wildman–Crippen MR) is 121 cm³/mol. The summed E-state index contributed by atoms with van der Waals surface area (Å²) >= 11 is 0. The maximum atomic E-state index is 14.9. The molecule has 0 bridgehead atoms. The Hall–Kier alpha value is -3.97. The first-order valence-corrected chi connectivity index (χ1v) is 10.9. The zero-order chi connectivity index (χ0) is 28.1. The molecular weight excluding hydrogens is 484 g/mol. The number of aromatic nitrogens is 6. The largest absolute Gasteiger partial charge is 0.479 e. The van der Waals surface area contributed by atoms with Crippen molar-refractivity contribution >= 4 is 28.4 Å². The molecule has 4 heterocycles. The van der Waals surface area contributed by atoms with Gasteiger partial charge in [-0.05, 0) is 30.2 Å². The second-order valence-electron chi connectivity index (χ2n) is 8.31. The Balaban J connectivity index is 1.43. The van der Waals surface area contributed by atoms with Crippen molar-refractivity contribution in [2.24, 2.45) is 0 Å². The molecule has 3 aromatic heterocycles. The maximum Gasteiger partial charge on any atom is 0.285 e. The van der Waals surface area contributed by atoms with Gasteiger partial charge in [0.1, 0.15) is 17.6 Å². The van der Waals surface area contributed by atoms with E-state index in [0.29, 0.717) is 32.6 Å². The van der Waals surface area contributed by atoms with Crippen LogP contribution < -0.4 is 10.1 Å². The van der Waals surface area contributed by atoms with Gasteiger partial charge < -0.3 is 15.0 Å². The number of hydrogen-bond donors (Lipinski definition) is 1. The lowest BCUT2D eigenvalue weighted by Crippen LogP contribution is -2.55. The Morgan fingerprint density at radius 1 is 1.36 bits per heavy atom. The van der Waals surface area contributed by atoms with Gasteiger partial charge in [0.2, 0.25) is 17.7 Å². The van der Waals surface area contributed by atoms with Crippen molar-refractivity contribution in [1.82, 2.24) is 34.5 Å². The van der Waals surface area contributed by atoms with Gasteiger partial charge in [0.05, 0.1) is 25.2 Å².